The van der Waals surface area contributed by atoms with Crippen molar-refractivity contribution >= 4 is 35.5 Å². The topological polar surface area (TPSA) is 152 Å². The van der Waals surface area contributed by atoms with E-state index < -0.39 is 78.1 Å². The quantitative estimate of drug-likeness (QED) is 0.258. The first kappa shape index (κ1) is 28.6. The molecule has 12 heteroatoms. The summed E-state index contributed by atoms with van der Waals surface area (Å²) in [6.07, 6.45) is -6.28. The van der Waals surface area contributed by atoms with Gasteiger partial charge in [-0.3, -0.25) is 9.59 Å². The van der Waals surface area contributed by atoms with Crippen molar-refractivity contribution in [3.05, 3.63) is 0 Å². The fourth-order valence-corrected chi connectivity index (χ4v) is 5.41. The monoisotopic (exact) mass is 512 g/mol. The van der Waals surface area contributed by atoms with Gasteiger partial charge in [-0.2, -0.15) is 0 Å². The first-order valence-corrected chi connectivity index (χ1v) is 13.5. The van der Waals surface area contributed by atoms with Gasteiger partial charge in [0.2, 0.25) is 0 Å². The lowest BCUT2D eigenvalue weighted by atomic mass is 9.92. The van der Waals surface area contributed by atoms with Crippen LogP contribution in [0.2, 0.25) is 0 Å². The van der Waals surface area contributed by atoms with E-state index in [1.54, 1.807) is 12.5 Å². The van der Waals surface area contributed by atoms with E-state index in [9.17, 15) is 30.0 Å². The molecule has 10 atom stereocenters. The van der Waals surface area contributed by atoms with Gasteiger partial charge in [0.15, 0.2) is 12.2 Å². The zero-order chi connectivity index (χ0) is 25.0. The molecule has 2 aliphatic heterocycles. The van der Waals surface area contributed by atoms with Crippen LogP contribution in [0.25, 0.3) is 0 Å². The van der Waals surface area contributed by atoms with Crippen LogP contribution in [0, 0.1) is 11.8 Å². The molecule has 0 radical (unpaired) electrons. The van der Waals surface area contributed by atoms with Gasteiger partial charge in [-0.05, 0) is 24.3 Å². The van der Waals surface area contributed by atoms with Crippen LogP contribution in [0.15, 0.2) is 0 Å². The SMILES string of the molecule is CSC1OC(C(C)C)C(O)C(O)C1OC(=O)CC(=O)OC1C(SC)OC(C(C)C)C(O)C1O. The van der Waals surface area contributed by atoms with Crippen LogP contribution < -0.4 is 0 Å². The molecular formula is C21H36O10S2. The van der Waals surface area contributed by atoms with Gasteiger partial charge in [0.1, 0.15) is 41.7 Å². The van der Waals surface area contributed by atoms with Crippen LogP contribution in [-0.4, -0.2) is 105 Å². The largest absolute Gasteiger partial charge is 0.455 e. The molecular weight excluding hydrogens is 476 g/mol. The molecule has 2 saturated heterocycles. The molecule has 2 rings (SSSR count). The average Bonchev–Trinajstić information content (AvgIpc) is 2.74. The molecule has 2 heterocycles. The number of carbonyl (C=O) groups excluding carboxylic acids is 2. The molecule has 0 aromatic heterocycles. The van der Waals surface area contributed by atoms with Crippen molar-refractivity contribution < 1.29 is 49.0 Å². The number of esters is 2. The highest BCUT2D eigenvalue weighted by Gasteiger charge is 2.49. The zero-order valence-electron chi connectivity index (χ0n) is 19.7. The summed E-state index contributed by atoms with van der Waals surface area (Å²) in [6.45, 7) is 7.36. The fraction of sp³-hybridized carbons (Fsp3) is 0.905. The lowest BCUT2D eigenvalue weighted by molar-refractivity contribution is -0.226. The van der Waals surface area contributed by atoms with Crippen molar-refractivity contribution in [2.75, 3.05) is 12.5 Å². The number of ether oxygens (including phenoxy) is 4. The fourth-order valence-electron chi connectivity index (χ4n) is 3.96. The maximum Gasteiger partial charge on any atom is 0.317 e. The summed E-state index contributed by atoms with van der Waals surface area (Å²) in [5.74, 6) is -2.10. The molecule has 0 aromatic carbocycles. The van der Waals surface area contributed by atoms with E-state index in [1.165, 1.54) is 23.5 Å². The summed E-state index contributed by atoms with van der Waals surface area (Å²) < 4.78 is 22.1. The van der Waals surface area contributed by atoms with Crippen LogP contribution >= 0.6 is 23.5 Å². The number of hydrogen-bond acceptors (Lipinski definition) is 12. The highest BCUT2D eigenvalue weighted by atomic mass is 32.2. The van der Waals surface area contributed by atoms with Crippen LogP contribution in [0.1, 0.15) is 34.1 Å². The molecule has 0 bridgehead atoms. The number of carbonyl (C=O) groups is 2. The summed E-state index contributed by atoms with van der Waals surface area (Å²) in [7, 11) is 0. The molecule has 2 aliphatic rings. The third-order valence-corrected chi connectivity index (χ3v) is 7.46. The molecule has 0 spiro atoms. The maximum atomic E-state index is 12.4. The lowest BCUT2D eigenvalue weighted by Gasteiger charge is -2.43. The Hall–Kier alpha value is -0.600. The van der Waals surface area contributed by atoms with E-state index in [0.717, 1.165) is 0 Å². The van der Waals surface area contributed by atoms with Gasteiger partial charge in [-0.1, -0.05) is 27.7 Å². The van der Waals surface area contributed by atoms with Gasteiger partial charge < -0.3 is 39.4 Å². The first-order chi connectivity index (χ1) is 15.4. The van der Waals surface area contributed by atoms with E-state index in [1.807, 2.05) is 27.7 Å². The summed E-state index contributed by atoms with van der Waals surface area (Å²) in [4.78, 5) is 24.8. The van der Waals surface area contributed by atoms with Crippen molar-refractivity contribution in [2.45, 2.75) is 93.8 Å². The number of hydrogen-bond donors (Lipinski definition) is 4. The minimum Gasteiger partial charge on any atom is -0.455 e. The van der Waals surface area contributed by atoms with Crippen LogP contribution in [0.5, 0.6) is 0 Å². The first-order valence-electron chi connectivity index (χ1n) is 10.9. The number of rotatable bonds is 8. The predicted octanol–water partition coefficient (Wildman–Crippen LogP) is 0.132. The third-order valence-electron chi connectivity index (χ3n) is 5.77. The molecule has 0 aliphatic carbocycles. The van der Waals surface area contributed by atoms with Gasteiger partial charge in [0.05, 0.1) is 12.2 Å². The minimum absolute atomic E-state index is 0.0740. The van der Waals surface area contributed by atoms with Crippen molar-refractivity contribution in [3.8, 4) is 0 Å². The smallest absolute Gasteiger partial charge is 0.317 e. The van der Waals surface area contributed by atoms with E-state index in [4.69, 9.17) is 18.9 Å². The lowest BCUT2D eigenvalue weighted by Crippen LogP contribution is -2.59. The number of aliphatic hydroxyl groups excluding tert-OH is 4. The molecule has 0 aromatic rings. The second-order valence-electron chi connectivity index (χ2n) is 8.95. The number of thioether (sulfide) groups is 2. The Bertz CT molecular complexity index is 605. The molecule has 10 nitrogen and oxygen atoms in total. The van der Waals surface area contributed by atoms with Gasteiger partial charge in [-0.25, -0.2) is 0 Å². The molecule has 0 amide bonds. The Kier molecular flexibility index (Phi) is 10.7. The van der Waals surface area contributed by atoms with E-state index in [0.29, 0.717) is 0 Å². The average molecular weight is 513 g/mol. The van der Waals surface area contributed by atoms with Crippen LogP contribution in [0.4, 0.5) is 0 Å². The zero-order valence-corrected chi connectivity index (χ0v) is 21.3. The minimum atomic E-state index is -1.39. The highest BCUT2D eigenvalue weighted by Crippen LogP contribution is 2.34. The molecule has 0 saturated carbocycles. The van der Waals surface area contributed by atoms with Crippen LogP contribution in [-0.2, 0) is 28.5 Å². The van der Waals surface area contributed by atoms with Crippen molar-refractivity contribution in [3.63, 3.8) is 0 Å². The Morgan fingerprint density at radius 2 is 1.06 bits per heavy atom. The Balaban J connectivity index is 1.99. The standard InChI is InChI=1S/C21H36O10S2/c1-8(2)16-12(24)14(26)18(20(30-16)32-5)28-10(22)7-11(23)29-19-15(27)13(25)17(9(3)4)31-21(19)33-6/h8-9,12-21,24-27H,7H2,1-6H3. The van der Waals surface area contributed by atoms with Crippen molar-refractivity contribution in [2.24, 2.45) is 11.8 Å². The van der Waals surface area contributed by atoms with Gasteiger partial charge in [-0.15, -0.1) is 23.5 Å². The van der Waals surface area contributed by atoms with Gasteiger partial charge >= 0.3 is 11.9 Å². The predicted molar refractivity (Wildman–Crippen MR) is 122 cm³/mol. The molecule has 192 valence electrons. The summed E-state index contributed by atoms with van der Waals surface area (Å²) in [6, 6.07) is 0. The second-order valence-corrected chi connectivity index (χ2v) is 10.8. The normalized spacial score (nSPS) is 39.5. The highest BCUT2D eigenvalue weighted by molar-refractivity contribution is 7.99. The van der Waals surface area contributed by atoms with Gasteiger partial charge in [0, 0.05) is 0 Å². The summed E-state index contributed by atoms with van der Waals surface area (Å²) >= 11 is 2.42. The number of aliphatic hydroxyl groups is 4. The Labute approximate surface area is 202 Å². The van der Waals surface area contributed by atoms with Crippen LogP contribution in [0.3, 0.4) is 0 Å². The van der Waals surface area contributed by atoms with Gasteiger partial charge in [0.25, 0.3) is 0 Å². The Morgan fingerprint density at radius 3 is 1.33 bits per heavy atom. The van der Waals surface area contributed by atoms with E-state index in [2.05, 4.69) is 0 Å². The van der Waals surface area contributed by atoms with E-state index in [-0.39, 0.29) is 11.8 Å². The maximum absolute atomic E-state index is 12.4. The molecule has 4 N–H and O–H groups in total. The summed E-state index contributed by atoms with van der Waals surface area (Å²) in [5.41, 5.74) is -1.46. The molecule has 2 fully saturated rings. The van der Waals surface area contributed by atoms with Crippen molar-refractivity contribution in [1.29, 1.82) is 0 Å². The molecule has 33 heavy (non-hydrogen) atoms. The van der Waals surface area contributed by atoms with Crippen molar-refractivity contribution in [1.82, 2.24) is 0 Å². The Morgan fingerprint density at radius 1 is 0.727 bits per heavy atom. The van der Waals surface area contributed by atoms with E-state index >= 15 is 0 Å². The second kappa shape index (κ2) is 12.4. The molecule has 10 unspecified atom stereocenters. The third kappa shape index (κ3) is 6.75. The summed E-state index contributed by atoms with van der Waals surface area (Å²) in [5, 5.41) is 41.6.